The van der Waals surface area contributed by atoms with E-state index in [1.165, 1.54) is 13.3 Å². The van der Waals surface area contributed by atoms with Crippen LogP contribution in [0.1, 0.15) is 12.6 Å². The Balaban J connectivity index is 1.39. The van der Waals surface area contributed by atoms with Gasteiger partial charge in [-0.1, -0.05) is 22.8 Å². The van der Waals surface area contributed by atoms with Gasteiger partial charge in [0.2, 0.25) is 5.91 Å². The number of nitrogens with one attached hydrogen (secondary N) is 2. The van der Waals surface area contributed by atoms with Crippen molar-refractivity contribution >= 4 is 51.0 Å². The lowest BCUT2D eigenvalue weighted by molar-refractivity contribution is -0.118. The van der Waals surface area contributed by atoms with E-state index in [1.807, 2.05) is 48.0 Å². The molecule has 172 valence electrons. The van der Waals surface area contributed by atoms with Gasteiger partial charge in [-0.2, -0.15) is 0 Å². The Morgan fingerprint density at radius 1 is 1.18 bits per heavy atom. The molecule has 34 heavy (non-hydrogen) atoms. The normalized spacial score (nSPS) is 11.1. The van der Waals surface area contributed by atoms with E-state index >= 15 is 0 Å². The highest BCUT2D eigenvalue weighted by Gasteiger charge is 2.14. The van der Waals surface area contributed by atoms with E-state index in [9.17, 15) is 4.79 Å². The van der Waals surface area contributed by atoms with Gasteiger partial charge >= 0.3 is 0 Å². The van der Waals surface area contributed by atoms with E-state index in [2.05, 4.69) is 25.8 Å². The quantitative estimate of drug-likeness (QED) is 0.332. The van der Waals surface area contributed by atoms with Crippen LogP contribution in [0.4, 0.5) is 11.5 Å². The smallest absolute Gasteiger partial charge is 0.216 e. The molecule has 0 spiro atoms. The number of amides is 1. The highest BCUT2D eigenvalue weighted by Crippen LogP contribution is 2.37. The molecule has 0 saturated carbocycles. The molecule has 10 heteroatoms. The van der Waals surface area contributed by atoms with Crippen molar-refractivity contribution in [3.8, 4) is 11.5 Å². The molecule has 5 aromatic rings. The number of halogens is 1. The van der Waals surface area contributed by atoms with Crippen molar-refractivity contribution in [3.63, 3.8) is 0 Å². The maximum absolute atomic E-state index is 11.2. The van der Waals surface area contributed by atoms with Crippen LogP contribution < -0.4 is 15.4 Å². The molecule has 2 aromatic carbocycles. The molecule has 9 nitrogen and oxygen atoms in total. The number of aryl methyl sites for hydroxylation is 1. The summed E-state index contributed by atoms with van der Waals surface area (Å²) >= 11 is 6.55. The minimum absolute atomic E-state index is 0.0709. The van der Waals surface area contributed by atoms with Crippen LogP contribution in [0.25, 0.3) is 22.0 Å². The Morgan fingerprint density at radius 2 is 2.06 bits per heavy atom. The van der Waals surface area contributed by atoms with Crippen molar-refractivity contribution in [2.24, 2.45) is 0 Å². The molecule has 0 aliphatic rings. The monoisotopic (exact) mass is 476 g/mol. The zero-order valence-corrected chi connectivity index (χ0v) is 19.3. The summed E-state index contributed by atoms with van der Waals surface area (Å²) in [6.07, 6.45) is 3.42. The first-order valence-electron chi connectivity index (χ1n) is 10.6. The van der Waals surface area contributed by atoms with E-state index in [0.717, 1.165) is 27.8 Å². The van der Waals surface area contributed by atoms with Gasteiger partial charge in [-0.15, -0.1) is 0 Å². The van der Waals surface area contributed by atoms with Crippen LogP contribution in [0.15, 0.2) is 59.5 Å². The Labute approximate surface area is 199 Å². The van der Waals surface area contributed by atoms with Gasteiger partial charge in [0.05, 0.1) is 21.6 Å². The summed E-state index contributed by atoms with van der Waals surface area (Å²) in [5.74, 6) is 1.69. The third-order valence-electron chi connectivity index (χ3n) is 5.32. The molecule has 0 saturated heterocycles. The molecule has 0 unspecified atom stereocenters. The fraction of sp³-hybridized carbons (Fsp3) is 0.167. The van der Waals surface area contributed by atoms with Crippen molar-refractivity contribution in [2.75, 3.05) is 11.9 Å². The average Bonchev–Trinajstić information content (AvgIpc) is 3.40. The van der Waals surface area contributed by atoms with Crippen LogP contribution in [-0.4, -0.2) is 32.1 Å². The number of aromatic nitrogens is 4. The van der Waals surface area contributed by atoms with Gasteiger partial charge in [0.15, 0.2) is 11.4 Å². The molecule has 0 aliphatic heterocycles. The van der Waals surface area contributed by atoms with Crippen LogP contribution in [0.3, 0.4) is 0 Å². The van der Waals surface area contributed by atoms with E-state index in [-0.39, 0.29) is 5.91 Å². The topological polar surface area (TPSA) is 107 Å². The van der Waals surface area contributed by atoms with Crippen LogP contribution in [-0.2, 0) is 11.3 Å². The molecule has 1 amide bonds. The molecule has 0 bridgehead atoms. The maximum atomic E-state index is 11.2. The van der Waals surface area contributed by atoms with Gasteiger partial charge in [-0.05, 0) is 43.3 Å². The van der Waals surface area contributed by atoms with Crippen molar-refractivity contribution in [3.05, 3.63) is 65.7 Å². The number of benzene rings is 2. The highest BCUT2D eigenvalue weighted by atomic mass is 35.5. The van der Waals surface area contributed by atoms with Crippen LogP contribution in [0, 0.1) is 6.92 Å². The molecule has 3 heterocycles. The summed E-state index contributed by atoms with van der Waals surface area (Å²) < 4.78 is 13.4. The van der Waals surface area contributed by atoms with Crippen molar-refractivity contribution in [2.45, 2.75) is 20.4 Å². The second-order valence-corrected chi connectivity index (χ2v) is 8.12. The van der Waals surface area contributed by atoms with E-state index in [4.69, 9.17) is 20.9 Å². The Bertz CT molecular complexity index is 1510. The SMILES string of the molecule is CC(=O)NCCn1ccc2ncnc(Nc3ccc(Oc4cccc5onc(C)c45)c(Cl)c3)c21. The predicted octanol–water partition coefficient (Wildman–Crippen LogP) is 5.21. The van der Waals surface area contributed by atoms with Gasteiger partial charge in [-0.3, -0.25) is 4.79 Å². The molecular weight excluding hydrogens is 456 g/mol. The number of anilines is 2. The van der Waals surface area contributed by atoms with Gasteiger partial charge in [0.1, 0.15) is 23.3 Å². The predicted molar refractivity (Wildman–Crippen MR) is 130 cm³/mol. The number of rotatable bonds is 7. The standard InChI is InChI=1S/C24H21ClN6O3/c1-14-22-20(4-3-5-21(22)34-30-14)33-19-7-6-16(12-17(19)25)29-24-23-18(27-13-28-24)8-10-31(23)11-9-26-15(2)32/h3-8,10,12-13H,9,11H2,1-2H3,(H,26,32)(H,27,28,29). The van der Waals surface area contributed by atoms with Gasteiger partial charge in [0, 0.05) is 31.9 Å². The lowest BCUT2D eigenvalue weighted by Crippen LogP contribution is -2.24. The minimum Gasteiger partial charge on any atom is -0.455 e. The molecule has 0 aliphatic carbocycles. The van der Waals surface area contributed by atoms with Gasteiger partial charge < -0.3 is 24.5 Å². The minimum atomic E-state index is -0.0709. The molecule has 5 rings (SSSR count). The first-order chi connectivity index (χ1) is 16.5. The van der Waals surface area contributed by atoms with Crippen LogP contribution >= 0.6 is 11.6 Å². The zero-order valence-electron chi connectivity index (χ0n) is 18.5. The van der Waals surface area contributed by atoms with Crippen LogP contribution in [0.5, 0.6) is 11.5 Å². The average molecular weight is 477 g/mol. The molecule has 0 radical (unpaired) electrons. The number of carbonyl (C=O) groups is 1. The summed E-state index contributed by atoms with van der Waals surface area (Å²) in [6, 6.07) is 12.9. The lowest BCUT2D eigenvalue weighted by atomic mass is 10.2. The second kappa shape index (κ2) is 9.03. The number of carbonyl (C=O) groups excluding carboxylic acids is 1. The fourth-order valence-corrected chi connectivity index (χ4v) is 3.99. The zero-order chi connectivity index (χ0) is 23.7. The lowest BCUT2D eigenvalue weighted by Gasteiger charge is -2.13. The molecule has 2 N–H and O–H groups in total. The summed E-state index contributed by atoms with van der Waals surface area (Å²) in [4.78, 5) is 19.9. The van der Waals surface area contributed by atoms with E-state index < -0.39 is 0 Å². The van der Waals surface area contributed by atoms with Crippen molar-refractivity contribution in [1.82, 2.24) is 25.0 Å². The number of fused-ring (bicyclic) bond motifs is 2. The van der Waals surface area contributed by atoms with Gasteiger partial charge in [-0.25, -0.2) is 9.97 Å². The maximum Gasteiger partial charge on any atom is 0.216 e. The molecular formula is C24H21ClN6O3. The van der Waals surface area contributed by atoms with E-state index in [0.29, 0.717) is 41.0 Å². The Morgan fingerprint density at radius 3 is 2.88 bits per heavy atom. The summed E-state index contributed by atoms with van der Waals surface area (Å²) in [7, 11) is 0. The molecule has 0 fully saturated rings. The van der Waals surface area contributed by atoms with Crippen molar-refractivity contribution < 1.29 is 14.1 Å². The summed E-state index contributed by atoms with van der Waals surface area (Å²) in [5, 5.41) is 11.4. The Kier molecular flexibility index (Phi) is 5.77. The van der Waals surface area contributed by atoms with Crippen LogP contribution in [0.2, 0.25) is 5.02 Å². The van der Waals surface area contributed by atoms with Crippen molar-refractivity contribution in [1.29, 1.82) is 0 Å². The number of ether oxygens (including phenoxy) is 1. The largest absolute Gasteiger partial charge is 0.455 e. The number of hydrogen-bond donors (Lipinski definition) is 2. The number of hydrogen-bond acceptors (Lipinski definition) is 7. The molecule has 3 aromatic heterocycles. The highest BCUT2D eigenvalue weighted by molar-refractivity contribution is 6.32. The fourth-order valence-electron chi connectivity index (χ4n) is 3.77. The third kappa shape index (κ3) is 4.25. The first kappa shape index (κ1) is 21.7. The van der Waals surface area contributed by atoms with Gasteiger partial charge in [0.25, 0.3) is 0 Å². The Hall–Kier alpha value is -4.11. The number of nitrogens with zero attached hydrogens (tertiary/aromatic N) is 4. The summed E-state index contributed by atoms with van der Waals surface area (Å²) in [6.45, 7) is 4.45. The third-order valence-corrected chi connectivity index (χ3v) is 5.62. The van der Waals surface area contributed by atoms with E-state index in [1.54, 1.807) is 12.1 Å². The molecule has 0 atom stereocenters. The second-order valence-electron chi connectivity index (χ2n) is 7.72. The summed E-state index contributed by atoms with van der Waals surface area (Å²) in [5.41, 5.74) is 3.77. The first-order valence-corrected chi connectivity index (χ1v) is 11.0.